The maximum Gasteiger partial charge on any atom is 0.0540 e. The lowest BCUT2D eigenvalue weighted by molar-refractivity contribution is 1.19. The van der Waals surface area contributed by atoms with E-state index in [2.05, 4.69) is 204 Å². The summed E-state index contributed by atoms with van der Waals surface area (Å²) in [7, 11) is 0. The molecule has 0 saturated carbocycles. The van der Waals surface area contributed by atoms with E-state index in [9.17, 15) is 0 Å². The van der Waals surface area contributed by atoms with Gasteiger partial charge in [-0.1, -0.05) is 140 Å². The fourth-order valence-corrected chi connectivity index (χ4v) is 6.58. The summed E-state index contributed by atoms with van der Waals surface area (Å²) in [5.74, 6) is 0. The molecule has 0 fully saturated rings. The van der Waals surface area contributed by atoms with Crippen molar-refractivity contribution in [1.82, 2.24) is 0 Å². The molecule has 7 aromatic carbocycles. The fourth-order valence-electron chi connectivity index (χ4n) is 6.58. The van der Waals surface area contributed by atoms with E-state index in [1.54, 1.807) is 0 Å². The van der Waals surface area contributed by atoms with Crippen molar-refractivity contribution in [3.63, 3.8) is 0 Å². The van der Waals surface area contributed by atoms with Crippen molar-refractivity contribution in [2.45, 2.75) is 6.42 Å². The Hall–Kier alpha value is -6.12. The van der Waals surface area contributed by atoms with Crippen LogP contribution < -0.4 is 9.80 Å². The molecule has 0 radical (unpaired) electrons. The molecule has 0 N–H and O–H groups in total. The van der Waals surface area contributed by atoms with Crippen LogP contribution in [-0.2, 0) is 0 Å². The summed E-state index contributed by atoms with van der Waals surface area (Å²) < 4.78 is 0. The Morgan fingerprint density at radius 3 is 1.49 bits per heavy atom. The number of para-hydroxylation sites is 1. The molecule has 2 heteroatoms. The minimum atomic E-state index is 0.896. The van der Waals surface area contributed by atoms with Crippen LogP contribution in [0.5, 0.6) is 0 Å². The van der Waals surface area contributed by atoms with Gasteiger partial charge >= 0.3 is 0 Å². The van der Waals surface area contributed by atoms with Crippen LogP contribution in [-0.4, -0.2) is 0 Å². The Balaban J connectivity index is 1.16. The standard InChI is InChI=1S/C45H34N2/c1-2-5-19-38(18-4-1)46(44-24-12-16-36-14-8-10-22-42(36)44)40-30-26-34(27-31-40)35-28-32-41(33-29-35)47(39-20-6-3-7-21-39)45-25-13-17-37-15-9-11-23-43(37)45/h1-4,6-33H,5H2. The first-order valence-corrected chi connectivity index (χ1v) is 16.2. The molecule has 1 aliphatic carbocycles. The summed E-state index contributed by atoms with van der Waals surface area (Å²) in [5, 5.41) is 4.92. The zero-order chi connectivity index (χ0) is 31.4. The Labute approximate surface area is 276 Å². The lowest BCUT2D eigenvalue weighted by Crippen LogP contribution is -2.15. The van der Waals surface area contributed by atoms with Gasteiger partial charge in [-0.2, -0.15) is 0 Å². The monoisotopic (exact) mass is 602 g/mol. The van der Waals surface area contributed by atoms with Crippen molar-refractivity contribution in [1.29, 1.82) is 0 Å². The van der Waals surface area contributed by atoms with Gasteiger partial charge in [0.25, 0.3) is 0 Å². The first-order chi connectivity index (χ1) is 23.3. The average Bonchev–Trinajstić information content (AvgIpc) is 3.43. The number of hydrogen-bond donors (Lipinski definition) is 0. The van der Waals surface area contributed by atoms with Gasteiger partial charge in [0.2, 0.25) is 0 Å². The van der Waals surface area contributed by atoms with Crippen molar-refractivity contribution >= 4 is 50.0 Å². The minimum Gasteiger partial charge on any atom is -0.310 e. The summed E-state index contributed by atoms with van der Waals surface area (Å²) in [6.45, 7) is 0. The number of benzene rings is 7. The predicted octanol–water partition coefficient (Wildman–Crippen LogP) is 12.7. The molecular formula is C45H34N2. The lowest BCUT2D eigenvalue weighted by Gasteiger charge is -2.28. The van der Waals surface area contributed by atoms with Gasteiger partial charge in [-0.25, -0.2) is 0 Å². The average molecular weight is 603 g/mol. The van der Waals surface area contributed by atoms with Gasteiger partial charge in [-0.3, -0.25) is 0 Å². The van der Waals surface area contributed by atoms with Crippen LogP contribution in [0.15, 0.2) is 200 Å². The Kier molecular flexibility index (Phi) is 7.67. The summed E-state index contributed by atoms with van der Waals surface area (Å²) in [6, 6.07) is 58.8. The van der Waals surface area contributed by atoms with E-state index in [1.165, 1.54) is 38.4 Å². The van der Waals surface area contributed by atoms with E-state index in [1.807, 2.05) is 0 Å². The molecule has 1 aliphatic rings. The molecular weight excluding hydrogens is 569 g/mol. The summed E-state index contributed by atoms with van der Waals surface area (Å²) in [5.41, 5.74) is 9.25. The Bertz CT molecular complexity index is 2250. The number of allylic oxidation sites excluding steroid dienone is 5. The van der Waals surface area contributed by atoms with E-state index in [0.29, 0.717) is 0 Å². The second-order valence-corrected chi connectivity index (χ2v) is 11.7. The second kappa shape index (κ2) is 12.7. The Morgan fingerprint density at radius 1 is 0.383 bits per heavy atom. The van der Waals surface area contributed by atoms with Crippen LogP contribution in [0.2, 0.25) is 0 Å². The van der Waals surface area contributed by atoms with E-state index in [0.717, 1.165) is 34.9 Å². The zero-order valence-electron chi connectivity index (χ0n) is 26.1. The van der Waals surface area contributed by atoms with Crippen LogP contribution in [0.1, 0.15) is 6.42 Å². The van der Waals surface area contributed by atoms with Crippen LogP contribution in [0.4, 0.5) is 28.4 Å². The molecule has 0 heterocycles. The van der Waals surface area contributed by atoms with Crippen molar-refractivity contribution in [2.24, 2.45) is 0 Å². The van der Waals surface area contributed by atoms with Gasteiger partial charge < -0.3 is 9.80 Å². The first kappa shape index (κ1) is 28.4. The largest absolute Gasteiger partial charge is 0.310 e. The maximum atomic E-state index is 2.38. The van der Waals surface area contributed by atoms with Crippen LogP contribution in [0.25, 0.3) is 32.7 Å². The summed E-state index contributed by atoms with van der Waals surface area (Å²) >= 11 is 0. The molecule has 47 heavy (non-hydrogen) atoms. The number of rotatable bonds is 7. The normalized spacial score (nSPS) is 12.6. The Morgan fingerprint density at radius 2 is 0.872 bits per heavy atom. The molecule has 0 aromatic heterocycles. The van der Waals surface area contributed by atoms with Crippen LogP contribution >= 0.6 is 0 Å². The van der Waals surface area contributed by atoms with Crippen molar-refractivity contribution in [3.05, 3.63) is 200 Å². The van der Waals surface area contributed by atoms with E-state index in [-0.39, 0.29) is 0 Å². The molecule has 0 bridgehead atoms. The smallest absolute Gasteiger partial charge is 0.0540 e. The van der Waals surface area contributed by atoms with Crippen molar-refractivity contribution < 1.29 is 0 Å². The quantitative estimate of drug-likeness (QED) is 0.179. The molecule has 0 unspecified atom stereocenters. The lowest BCUT2D eigenvalue weighted by atomic mass is 10.0. The molecule has 0 spiro atoms. The van der Waals surface area contributed by atoms with E-state index < -0.39 is 0 Å². The van der Waals surface area contributed by atoms with Gasteiger partial charge in [0, 0.05) is 33.5 Å². The van der Waals surface area contributed by atoms with Gasteiger partial charge in [-0.05, 0) is 82.9 Å². The molecule has 0 atom stereocenters. The van der Waals surface area contributed by atoms with Crippen LogP contribution in [0.3, 0.4) is 0 Å². The van der Waals surface area contributed by atoms with Gasteiger partial charge in [0.15, 0.2) is 0 Å². The topological polar surface area (TPSA) is 6.48 Å². The molecule has 7 aromatic rings. The highest BCUT2D eigenvalue weighted by atomic mass is 15.2. The molecule has 8 rings (SSSR count). The SMILES string of the molecule is C1=CCC=C(N(c2ccc(-c3ccc(N(c4ccccc4)c4cccc5ccccc45)cc3)cc2)c2cccc3ccccc23)C=C1. The molecule has 2 nitrogen and oxygen atoms in total. The van der Waals surface area contributed by atoms with Gasteiger partial charge in [0.05, 0.1) is 11.4 Å². The first-order valence-electron chi connectivity index (χ1n) is 16.2. The van der Waals surface area contributed by atoms with Crippen molar-refractivity contribution in [3.8, 4) is 11.1 Å². The summed E-state index contributed by atoms with van der Waals surface area (Å²) in [4.78, 5) is 4.72. The number of nitrogens with zero attached hydrogens (tertiary/aromatic N) is 2. The number of anilines is 5. The molecule has 224 valence electrons. The number of fused-ring (bicyclic) bond motifs is 2. The predicted molar refractivity (Wildman–Crippen MR) is 201 cm³/mol. The molecule has 0 aliphatic heterocycles. The third-order valence-electron chi connectivity index (χ3n) is 8.85. The molecule has 0 amide bonds. The third-order valence-corrected chi connectivity index (χ3v) is 8.85. The van der Waals surface area contributed by atoms with E-state index >= 15 is 0 Å². The molecule has 0 saturated heterocycles. The van der Waals surface area contributed by atoms with E-state index in [4.69, 9.17) is 0 Å². The highest BCUT2D eigenvalue weighted by Gasteiger charge is 2.18. The maximum absolute atomic E-state index is 2.38. The zero-order valence-corrected chi connectivity index (χ0v) is 26.1. The highest BCUT2D eigenvalue weighted by molar-refractivity contribution is 5.99. The third kappa shape index (κ3) is 5.62. The summed E-state index contributed by atoms with van der Waals surface area (Å²) in [6.07, 6.45) is 11.8. The fraction of sp³-hybridized carbons (Fsp3) is 0.0222. The minimum absolute atomic E-state index is 0.896. The van der Waals surface area contributed by atoms with Crippen LogP contribution in [0, 0.1) is 0 Å². The highest BCUT2D eigenvalue weighted by Crippen LogP contribution is 2.40. The second-order valence-electron chi connectivity index (χ2n) is 11.7. The van der Waals surface area contributed by atoms with Gasteiger partial charge in [-0.15, -0.1) is 0 Å². The van der Waals surface area contributed by atoms with Crippen molar-refractivity contribution in [2.75, 3.05) is 9.80 Å². The number of hydrogen-bond acceptors (Lipinski definition) is 2. The van der Waals surface area contributed by atoms with Gasteiger partial charge in [0.1, 0.15) is 0 Å².